The number of anilines is 1. The Hall–Kier alpha value is -2.84. The largest absolute Gasteiger partial charge is 0.388 e. The van der Waals surface area contributed by atoms with E-state index < -0.39 is 6.61 Å². The van der Waals surface area contributed by atoms with Crippen LogP contribution in [-0.4, -0.2) is 63.0 Å². The minimum absolute atomic E-state index is 0.112. The Morgan fingerprint density at radius 3 is 2.86 bits per heavy atom. The van der Waals surface area contributed by atoms with Crippen LogP contribution in [-0.2, 0) is 18.2 Å². The molecule has 29 heavy (non-hydrogen) atoms. The summed E-state index contributed by atoms with van der Waals surface area (Å²) in [5, 5.41) is 14.8. The van der Waals surface area contributed by atoms with Crippen LogP contribution in [0.1, 0.15) is 28.9 Å². The van der Waals surface area contributed by atoms with Crippen molar-refractivity contribution < 1.29 is 14.6 Å². The van der Waals surface area contributed by atoms with Crippen LogP contribution in [0.5, 0.6) is 0 Å². The van der Waals surface area contributed by atoms with Crippen LogP contribution in [0, 0.1) is 0 Å². The van der Waals surface area contributed by atoms with E-state index in [0.29, 0.717) is 24.7 Å². The molecule has 1 unspecified atom stereocenters. The summed E-state index contributed by atoms with van der Waals surface area (Å²) in [5.74, 6) is 0.210. The van der Waals surface area contributed by atoms with E-state index in [-0.39, 0.29) is 11.9 Å². The van der Waals surface area contributed by atoms with Gasteiger partial charge in [-0.15, -0.1) is 0 Å². The predicted octanol–water partition coefficient (Wildman–Crippen LogP) is 1.77. The molecule has 4 rings (SSSR count). The molecule has 0 radical (unpaired) electrons. The number of rotatable bonds is 7. The summed E-state index contributed by atoms with van der Waals surface area (Å²) >= 11 is 0. The van der Waals surface area contributed by atoms with Crippen LogP contribution in [0.2, 0.25) is 0 Å². The number of ketones is 1. The Labute approximate surface area is 169 Å². The number of para-hydroxylation sites is 1. The van der Waals surface area contributed by atoms with Crippen molar-refractivity contribution in [3.05, 3.63) is 47.9 Å². The van der Waals surface area contributed by atoms with Gasteiger partial charge in [0.25, 0.3) is 0 Å². The monoisotopic (exact) mass is 395 g/mol. The zero-order valence-electron chi connectivity index (χ0n) is 16.5. The standard InChI is InChI=1S/C21H25N5O3/c1-25-19-8-3-2-6-17(19)18(24-25)7-4-5-16-13-26(9-10-29-16)21-22-11-15(12-23-21)20(28)14-27/h2-3,6,8,11-12,16,27H,4-5,7,9-10,13-14H2,1H3. The number of ether oxygens (including phenoxy) is 1. The molecule has 1 N–H and O–H groups in total. The Bertz CT molecular complexity index is 986. The Morgan fingerprint density at radius 2 is 2.07 bits per heavy atom. The molecule has 0 aliphatic carbocycles. The van der Waals surface area contributed by atoms with E-state index in [1.807, 2.05) is 17.8 Å². The Morgan fingerprint density at radius 1 is 1.28 bits per heavy atom. The summed E-state index contributed by atoms with van der Waals surface area (Å²) in [5.41, 5.74) is 2.61. The fourth-order valence-corrected chi connectivity index (χ4v) is 3.77. The normalized spacial score (nSPS) is 17.0. The Balaban J connectivity index is 1.33. The highest BCUT2D eigenvalue weighted by Gasteiger charge is 2.22. The first-order valence-electron chi connectivity index (χ1n) is 9.89. The lowest BCUT2D eigenvalue weighted by Gasteiger charge is -2.33. The lowest BCUT2D eigenvalue weighted by atomic mass is 10.1. The summed E-state index contributed by atoms with van der Waals surface area (Å²) in [6.45, 7) is 1.52. The fraction of sp³-hybridized carbons (Fsp3) is 0.429. The molecule has 8 heteroatoms. The van der Waals surface area contributed by atoms with Gasteiger partial charge in [0.15, 0.2) is 5.78 Å². The summed E-state index contributed by atoms with van der Waals surface area (Å²) in [6.07, 6.45) is 5.89. The van der Waals surface area contributed by atoms with E-state index in [1.54, 1.807) is 0 Å². The first-order valence-corrected chi connectivity index (χ1v) is 9.89. The van der Waals surface area contributed by atoms with E-state index in [9.17, 15) is 4.79 Å². The molecule has 1 saturated heterocycles. The van der Waals surface area contributed by atoms with Gasteiger partial charge < -0.3 is 14.7 Å². The van der Waals surface area contributed by atoms with Gasteiger partial charge in [-0.05, 0) is 25.3 Å². The fourth-order valence-electron chi connectivity index (χ4n) is 3.77. The van der Waals surface area contributed by atoms with Crippen molar-refractivity contribution in [1.82, 2.24) is 19.7 Å². The molecule has 1 fully saturated rings. The average Bonchev–Trinajstić information content (AvgIpc) is 3.09. The molecular weight excluding hydrogens is 370 g/mol. The molecule has 3 aromatic rings. The number of hydrogen-bond donors (Lipinski definition) is 1. The molecule has 152 valence electrons. The van der Waals surface area contributed by atoms with Gasteiger partial charge in [0.2, 0.25) is 5.95 Å². The molecule has 8 nitrogen and oxygen atoms in total. The number of aliphatic hydroxyl groups excluding tert-OH is 1. The summed E-state index contributed by atoms with van der Waals surface area (Å²) in [6, 6.07) is 8.30. The highest BCUT2D eigenvalue weighted by Crippen LogP contribution is 2.21. The van der Waals surface area contributed by atoms with Crippen LogP contribution in [0.4, 0.5) is 5.95 Å². The number of aryl methyl sites for hydroxylation is 2. The number of aromatic nitrogens is 4. The van der Waals surface area contributed by atoms with Gasteiger partial charge >= 0.3 is 0 Å². The first-order chi connectivity index (χ1) is 14.2. The zero-order valence-corrected chi connectivity index (χ0v) is 16.5. The van der Waals surface area contributed by atoms with Crippen molar-refractivity contribution in [3.63, 3.8) is 0 Å². The molecule has 1 aromatic carbocycles. The minimum atomic E-state index is -0.534. The minimum Gasteiger partial charge on any atom is -0.388 e. The molecule has 1 aliphatic heterocycles. The van der Waals surface area contributed by atoms with Crippen molar-refractivity contribution in [2.75, 3.05) is 31.2 Å². The predicted molar refractivity (Wildman–Crippen MR) is 109 cm³/mol. The smallest absolute Gasteiger partial charge is 0.225 e. The lowest BCUT2D eigenvalue weighted by molar-refractivity contribution is 0.0335. The summed E-state index contributed by atoms with van der Waals surface area (Å²) in [7, 11) is 1.98. The molecule has 0 saturated carbocycles. The van der Waals surface area contributed by atoms with Gasteiger partial charge in [0.1, 0.15) is 6.61 Å². The lowest BCUT2D eigenvalue weighted by Crippen LogP contribution is -2.43. The van der Waals surface area contributed by atoms with Crippen molar-refractivity contribution in [3.8, 4) is 0 Å². The number of morpholine rings is 1. The Kier molecular flexibility index (Phi) is 5.82. The van der Waals surface area contributed by atoms with Gasteiger partial charge in [0, 0.05) is 37.9 Å². The maximum absolute atomic E-state index is 11.5. The van der Waals surface area contributed by atoms with E-state index in [4.69, 9.17) is 9.84 Å². The number of carbonyl (C=O) groups excluding carboxylic acids is 1. The molecule has 1 aliphatic rings. The van der Waals surface area contributed by atoms with Gasteiger partial charge in [-0.25, -0.2) is 9.97 Å². The van der Waals surface area contributed by atoms with Crippen LogP contribution < -0.4 is 4.90 Å². The molecule has 0 spiro atoms. The van der Waals surface area contributed by atoms with Crippen LogP contribution in [0.3, 0.4) is 0 Å². The van der Waals surface area contributed by atoms with Crippen molar-refractivity contribution in [2.45, 2.75) is 25.4 Å². The maximum Gasteiger partial charge on any atom is 0.225 e. The number of Topliss-reactive ketones (excluding diaryl/α,β-unsaturated/α-hetero) is 1. The highest BCUT2D eigenvalue weighted by molar-refractivity contribution is 5.96. The third-order valence-electron chi connectivity index (χ3n) is 5.30. The number of benzene rings is 1. The molecule has 0 amide bonds. The van der Waals surface area contributed by atoms with E-state index in [1.165, 1.54) is 17.8 Å². The third kappa shape index (κ3) is 4.28. The van der Waals surface area contributed by atoms with E-state index in [0.717, 1.165) is 37.0 Å². The number of aliphatic hydroxyl groups is 1. The second-order valence-electron chi connectivity index (χ2n) is 7.27. The van der Waals surface area contributed by atoms with Crippen molar-refractivity contribution in [2.24, 2.45) is 7.05 Å². The molecule has 0 bridgehead atoms. The zero-order chi connectivity index (χ0) is 20.2. The molecule has 1 atom stereocenters. The van der Waals surface area contributed by atoms with E-state index >= 15 is 0 Å². The second kappa shape index (κ2) is 8.67. The average molecular weight is 395 g/mol. The quantitative estimate of drug-likeness (QED) is 0.609. The van der Waals surface area contributed by atoms with Gasteiger partial charge in [-0.2, -0.15) is 5.10 Å². The number of fused-ring (bicyclic) bond motifs is 1. The first kappa shape index (κ1) is 19.5. The summed E-state index contributed by atoms with van der Waals surface area (Å²) in [4.78, 5) is 22.2. The maximum atomic E-state index is 11.5. The molecular formula is C21H25N5O3. The molecule has 3 heterocycles. The number of carbonyl (C=O) groups is 1. The van der Waals surface area contributed by atoms with Crippen LogP contribution in [0.25, 0.3) is 10.9 Å². The third-order valence-corrected chi connectivity index (χ3v) is 5.30. The SMILES string of the molecule is Cn1nc(CCCC2CN(c3ncc(C(=O)CO)cn3)CCO2)c2ccccc21. The van der Waals surface area contributed by atoms with Gasteiger partial charge in [0.05, 0.1) is 29.5 Å². The van der Waals surface area contributed by atoms with Gasteiger partial charge in [-0.1, -0.05) is 18.2 Å². The van der Waals surface area contributed by atoms with Crippen molar-refractivity contribution >= 4 is 22.6 Å². The number of nitrogens with zero attached hydrogens (tertiary/aromatic N) is 5. The second-order valence-corrected chi connectivity index (χ2v) is 7.27. The summed E-state index contributed by atoms with van der Waals surface area (Å²) < 4.78 is 7.87. The molecule has 2 aromatic heterocycles. The highest BCUT2D eigenvalue weighted by atomic mass is 16.5. The van der Waals surface area contributed by atoms with Crippen LogP contribution >= 0.6 is 0 Å². The van der Waals surface area contributed by atoms with Gasteiger partial charge in [-0.3, -0.25) is 9.48 Å². The van der Waals surface area contributed by atoms with Crippen LogP contribution in [0.15, 0.2) is 36.7 Å². The number of hydrogen-bond acceptors (Lipinski definition) is 7. The topological polar surface area (TPSA) is 93.4 Å². The van der Waals surface area contributed by atoms with E-state index in [2.05, 4.69) is 38.2 Å². The van der Waals surface area contributed by atoms with Crippen molar-refractivity contribution in [1.29, 1.82) is 0 Å².